The first-order valence-corrected chi connectivity index (χ1v) is 10.3. The lowest BCUT2D eigenvalue weighted by Crippen LogP contribution is -2.27. The van der Waals surface area contributed by atoms with Gasteiger partial charge in [-0.2, -0.15) is 0 Å². The second kappa shape index (κ2) is 7.44. The summed E-state index contributed by atoms with van der Waals surface area (Å²) in [7, 11) is 1.64. The van der Waals surface area contributed by atoms with Crippen molar-refractivity contribution in [3.05, 3.63) is 45.2 Å². The van der Waals surface area contributed by atoms with E-state index in [1.165, 1.54) is 40.3 Å². The van der Waals surface area contributed by atoms with Crippen LogP contribution < -0.4 is 10.9 Å². The van der Waals surface area contributed by atoms with Crippen molar-refractivity contribution in [1.82, 2.24) is 14.3 Å². The van der Waals surface area contributed by atoms with E-state index in [0.717, 1.165) is 12.8 Å². The van der Waals surface area contributed by atoms with Gasteiger partial charge in [-0.25, -0.2) is 4.98 Å². The summed E-state index contributed by atoms with van der Waals surface area (Å²) in [5, 5.41) is 3.46. The third-order valence-corrected chi connectivity index (χ3v) is 6.46. The maximum Gasteiger partial charge on any atom is 0.267 e. The molecule has 1 amide bonds. The summed E-state index contributed by atoms with van der Waals surface area (Å²) in [4.78, 5) is 32.1. The van der Waals surface area contributed by atoms with Gasteiger partial charge in [-0.1, -0.05) is 49.3 Å². The quantitative estimate of drug-likeness (QED) is 0.630. The number of carbonyl (C=O) groups excluding carboxylic acids is 1. The Morgan fingerprint density at radius 2 is 2.04 bits per heavy atom. The van der Waals surface area contributed by atoms with Gasteiger partial charge in [0, 0.05) is 19.3 Å². The molecule has 0 unspecified atom stereocenters. The van der Waals surface area contributed by atoms with E-state index in [9.17, 15) is 9.59 Å². The number of hydrogen-bond donors (Lipinski definition) is 1. The molecular formula is C19H20N4O2S2. The van der Waals surface area contributed by atoms with E-state index in [0.29, 0.717) is 32.3 Å². The van der Waals surface area contributed by atoms with Gasteiger partial charge in [0.05, 0.1) is 10.5 Å². The fourth-order valence-corrected chi connectivity index (χ4v) is 4.62. The summed E-state index contributed by atoms with van der Waals surface area (Å²) in [5.74, 6) is 0.352. The van der Waals surface area contributed by atoms with Crippen molar-refractivity contribution in [2.24, 2.45) is 0 Å². The molecule has 2 aliphatic rings. The van der Waals surface area contributed by atoms with E-state index < -0.39 is 0 Å². The Labute approximate surface area is 166 Å². The second-order valence-electron chi connectivity index (χ2n) is 6.83. The van der Waals surface area contributed by atoms with Crippen molar-refractivity contribution in [2.45, 2.75) is 38.1 Å². The minimum Gasteiger partial charge on any atom is -0.367 e. The lowest BCUT2D eigenvalue weighted by molar-refractivity contribution is -0.121. The van der Waals surface area contributed by atoms with Crippen molar-refractivity contribution < 1.29 is 4.79 Å². The fraction of sp³-hybridized carbons (Fsp3) is 0.368. The van der Waals surface area contributed by atoms with E-state index in [-0.39, 0.29) is 11.5 Å². The van der Waals surface area contributed by atoms with Gasteiger partial charge in [-0.05, 0) is 31.1 Å². The van der Waals surface area contributed by atoms with Gasteiger partial charge in [0.15, 0.2) is 0 Å². The molecule has 0 spiro atoms. The van der Waals surface area contributed by atoms with E-state index in [4.69, 9.17) is 12.2 Å². The molecule has 1 saturated carbocycles. The molecule has 27 heavy (non-hydrogen) atoms. The van der Waals surface area contributed by atoms with Gasteiger partial charge in [0.1, 0.15) is 15.8 Å². The molecule has 4 rings (SSSR count). The van der Waals surface area contributed by atoms with Gasteiger partial charge in [-0.3, -0.25) is 18.9 Å². The molecule has 1 aliphatic heterocycles. The summed E-state index contributed by atoms with van der Waals surface area (Å²) in [5.41, 5.74) is 0.791. The molecule has 2 aromatic heterocycles. The average Bonchev–Trinajstić information content (AvgIpc) is 2.92. The highest BCUT2D eigenvalue weighted by molar-refractivity contribution is 8.26. The highest BCUT2D eigenvalue weighted by atomic mass is 32.2. The van der Waals surface area contributed by atoms with Crippen LogP contribution in [0.2, 0.25) is 0 Å². The number of thioether (sulfide) groups is 1. The molecule has 2 fully saturated rings. The van der Waals surface area contributed by atoms with Crippen LogP contribution in [-0.2, 0) is 4.79 Å². The van der Waals surface area contributed by atoms with Crippen molar-refractivity contribution >= 4 is 51.7 Å². The smallest absolute Gasteiger partial charge is 0.267 e. The molecular weight excluding hydrogens is 380 g/mol. The number of nitrogens with one attached hydrogen (secondary N) is 1. The van der Waals surface area contributed by atoms with Gasteiger partial charge >= 0.3 is 0 Å². The lowest BCUT2D eigenvalue weighted by atomic mass is 9.95. The Kier molecular flexibility index (Phi) is 5.01. The van der Waals surface area contributed by atoms with Crippen LogP contribution in [0, 0.1) is 0 Å². The highest BCUT2D eigenvalue weighted by Gasteiger charge is 2.30. The zero-order valence-corrected chi connectivity index (χ0v) is 16.6. The number of aromatic nitrogens is 2. The van der Waals surface area contributed by atoms with Crippen molar-refractivity contribution in [3.63, 3.8) is 0 Å². The Morgan fingerprint density at radius 1 is 1.26 bits per heavy atom. The number of thiocarbonyl (C=S) groups is 1. The topological polar surface area (TPSA) is 66.7 Å². The van der Waals surface area contributed by atoms with Crippen LogP contribution in [0.4, 0.5) is 5.82 Å². The van der Waals surface area contributed by atoms with Crippen molar-refractivity contribution in [2.75, 3.05) is 12.4 Å². The molecule has 3 heterocycles. The maximum absolute atomic E-state index is 13.1. The van der Waals surface area contributed by atoms with E-state index >= 15 is 0 Å². The molecule has 8 heteroatoms. The Bertz CT molecular complexity index is 1010. The summed E-state index contributed by atoms with van der Waals surface area (Å²) in [6.07, 6.45) is 9.04. The molecule has 0 atom stereocenters. The highest BCUT2D eigenvalue weighted by Crippen LogP contribution is 2.32. The third-order valence-electron chi connectivity index (χ3n) is 4.98. The minimum atomic E-state index is -0.194. The number of anilines is 1. The number of rotatable bonds is 3. The summed E-state index contributed by atoms with van der Waals surface area (Å²) >= 11 is 6.41. The third kappa shape index (κ3) is 3.51. The Balaban J connectivity index is 1.82. The number of pyridine rings is 1. The summed E-state index contributed by atoms with van der Waals surface area (Å²) in [6.45, 7) is 0. The normalized spacial score (nSPS) is 20.0. The average molecular weight is 401 g/mol. The first-order valence-electron chi connectivity index (χ1n) is 9.04. The van der Waals surface area contributed by atoms with Gasteiger partial charge in [0.2, 0.25) is 0 Å². The number of nitrogens with zero attached hydrogens (tertiary/aromatic N) is 3. The first-order chi connectivity index (χ1) is 13.0. The Morgan fingerprint density at radius 3 is 2.74 bits per heavy atom. The lowest BCUT2D eigenvalue weighted by Gasteiger charge is -2.24. The molecule has 0 aromatic carbocycles. The number of fused-ring (bicyclic) bond motifs is 1. The number of amides is 1. The molecule has 1 N–H and O–H groups in total. The monoisotopic (exact) mass is 400 g/mol. The van der Waals surface area contributed by atoms with Crippen molar-refractivity contribution in [3.8, 4) is 0 Å². The van der Waals surface area contributed by atoms with Crippen LogP contribution in [-0.4, -0.2) is 37.6 Å². The first kappa shape index (κ1) is 18.2. The van der Waals surface area contributed by atoms with Crippen LogP contribution in [0.25, 0.3) is 11.7 Å². The van der Waals surface area contributed by atoms with E-state index in [1.807, 2.05) is 12.1 Å². The van der Waals surface area contributed by atoms with Gasteiger partial charge in [0.25, 0.3) is 11.5 Å². The van der Waals surface area contributed by atoms with Crippen LogP contribution in [0.5, 0.6) is 0 Å². The van der Waals surface area contributed by atoms with Crippen molar-refractivity contribution in [1.29, 1.82) is 0 Å². The largest absolute Gasteiger partial charge is 0.367 e. The molecule has 0 bridgehead atoms. The summed E-state index contributed by atoms with van der Waals surface area (Å²) in [6, 6.07) is 5.75. The number of hydrogen-bond acceptors (Lipinski definition) is 6. The number of likely N-dealkylation sites (N-methyl/N-ethyl adjacent to an activating group) is 1. The SMILES string of the molecule is CN1C(=O)/C(=C\c2c(NC3CCCCC3)nc3ccccn3c2=O)SC1=S. The molecule has 140 valence electrons. The van der Waals surface area contributed by atoms with Gasteiger partial charge in [-0.15, -0.1) is 0 Å². The predicted octanol–water partition coefficient (Wildman–Crippen LogP) is 3.27. The van der Waals surface area contributed by atoms with Crippen LogP contribution in [0.15, 0.2) is 34.1 Å². The van der Waals surface area contributed by atoms with Crippen LogP contribution in [0.3, 0.4) is 0 Å². The zero-order chi connectivity index (χ0) is 19.0. The molecule has 1 saturated heterocycles. The second-order valence-corrected chi connectivity index (χ2v) is 8.50. The maximum atomic E-state index is 13.1. The van der Waals surface area contributed by atoms with Crippen LogP contribution in [0.1, 0.15) is 37.7 Å². The Hall–Kier alpha value is -2.19. The standard InChI is InChI=1S/C19H20N4O2S2/c1-22-18(25)14(27-19(22)26)11-13-16(20-12-7-3-2-4-8-12)21-15-9-5-6-10-23(15)17(13)24/h5-6,9-12,20H,2-4,7-8H2,1H3/b14-11+. The molecule has 0 radical (unpaired) electrons. The number of carbonyl (C=O) groups is 1. The summed E-state index contributed by atoms with van der Waals surface area (Å²) < 4.78 is 1.99. The van der Waals surface area contributed by atoms with E-state index in [1.54, 1.807) is 25.4 Å². The zero-order valence-electron chi connectivity index (χ0n) is 15.0. The molecule has 1 aliphatic carbocycles. The predicted molar refractivity (Wildman–Crippen MR) is 113 cm³/mol. The molecule has 6 nitrogen and oxygen atoms in total. The minimum absolute atomic E-state index is 0.189. The fourth-order valence-electron chi connectivity index (χ4n) is 3.46. The van der Waals surface area contributed by atoms with E-state index in [2.05, 4.69) is 10.3 Å². The molecule has 2 aromatic rings. The van der Waals surface area contributed by atoms with Crippen LogP contribution >= 0.6 is 24.0 Å². The van der Waals surface area contributed by atoms with Gasteiger partial charge < -0.3 is 5.32 Å².